The molecule has 1 fully saturated rings. The van der Waals surface area contributed by atoms with Gasteiger partial charge in [0.2, 0.25) is 0 Å². The van der Waals surface area contributed by atoms with Gasteiger partial charge in [0.1, 0.15) is 52.9 Å². The van der Waals surface area contributed by atoms with E-state index in [-0.39, 0.29) is 17.9 Å². The summed E-state index contributed by atoms with van der Waals surface area (Å²) in [5, 5.41) is 2.11. The van der Waals surface area contributed by atoms with Crippen molar-refractivity contribution in [3.63, 3.8) is 0 Å². The number of nitrogens with zero attached hydrogens (tertiary/aromatic N) is 4. The molecule has 2 aromatic heterocycles. The number of fused-ring (bicyclic) bond motifs is 1. The molecule has 5 rings (SSSR count). The Bertz CT molecular complexity index is 1440. The molecule has 12 heteroatoms. The number of hydrogen-bond acceptors (Lipinski definition) is 5. The molecule has 1 saturated heterocycles. The van der Waals surface area contributed by atoms with Crippen LogP contribution in [0.25, 0.3) is 22.3 Å². The first-order chi connectivity index (χ1) is 18.2. The molecule has 0 saturated carbocycles. The third kappa shape index (κ3) is 5.79. The number of carbonyl (C=O) groups is 1. The maximum Gasteiger partial charge on any atom is 0.317 e. The number of urea groups is 1. The predicted molar refractivity (Wildman–Crippen MR) is 147 cm³/mol. The predicted octanol–water partition coefficient (Wildman–Crippen LogP) is 2.85. The summed E-state index contributed by atoms with van der Waals surface area (Å²) in [6.45, 7) is 4.16. The van der Waals surface area contributed by atoms with Crippen molar-refractivity contribution in [2.45, 2.75) is 18.3 Å². The van der Waals surface area contributed by atoms with E-state index in [1.165, 1.54) is 18.5 Å². The van der Waals surface area contributed by atoms with Crippen LogP contribution in [-0.2, 0) is 0 Å². The largest absolute Gasteiger partial charge is 0.516 e. The van der Waals surface area contributed by atoms with Crippen molar-refractivity contribution < 1.29 is 13.9 Å². The van der Waals surface area contributed by atoms with Gasteiger partial charge in [-0.1, -0.05) is 12.1 Å². The number of aromatic nitrogens is 3. The Morgan fingerprint density at radius 2 is 1.82 bits per heavy atom. The van der Waals surface area contributed by atoms with Crippen molar-refractivity contribution in [2.75, 3.05) is 31.1 Å². The van der Waals surface area contributed by atoms with Gasteiger partial charge in [0.25, 0.3) is 0 Å². The first-order valence-electron chi connectivity index (χ1n) is 12.2. The van der Waals surface area contributed by atoms with Crippen LogP contribution >= 0.6 is 0 Å². The van der Waals surface area contributed by atoms with Gasteiger partial charge >= 0.3 is 6.03 Å². The van der Waals surface area contributed by atoms with Crippen LogP contribution in [0.2, 0.25) is 0 Å². The van der Waals surface area contributed by atoms with Gasteiger partial charge in [0.05, 0.1) is 11.4 Å². The number of carbonyl (C=O) groups excluding carboxylic acids is 1. The zero-order valence-electron chi connectivity index (χ0n) is 20.9. The molecule has 2 amide bonds. The number of hydrogen-bond donors (Lipinski definition) is 2. The molecule has 1 aliphatic heterocycles. The van der Waals surface area contributed by atoms with Crippen LogP contribution in [0.1, 0.15) is 18.5 Å². The highest BCUT2D eigenvalue weighted by molar-refractivity contribution is 6.58. The first-order valence-corrected chi connectivity index (χ1v) is 12.2. The molecule has 0 bridgehead atoms. The second kappa shape index (κ2) is 10.4. The van der Waals surface area contributed by atoms with E-state index in [0.29, 0.717) is 37.6 Å². The number of piperazine rings is 1. The molecule has 2 N–H and O–H groups in total. The fourth-order valence-electron chi connectivity index (χ4n) is 4.50. The van der Waals surface area contributed by atoms with E-state index < -0.39 is 5.30 Å². The minimum atomic E-state index is -1.79. The summed E-state index contributed by atoms with van der Waals surface area (Å²) in [5.74, 6) is 0.916. The third-order valence-electron chi connectivity index (χ3n) is 6.42. The summed E-state index contributed by atoms with van der Waals surface area (Å²) >= 11 is 0. The fourth-order valence-corrected chi connectivity index (χ4v) is 4.50. The highest BCUT2D eigenvalue weighted by atomic mass is 19.1. The lowest BCUT2D eigenvalue weighted by Gasteiger charge is -2.36. The van der Waals surface area contributed by atoms with Crippen molar-refractivity contribution in [3.05, 3.63) is 72.3 Å². The molecule has 4 aromatic rings. The quantitative estimate of drug-likeness (QED) is 0.395. The molecule has 3 heterocycles. The second-order valence-electron chi connectivity index (χ2n) is 9.32. The maximum absolute atomic E-state index is 13.3. The van der Waals surface area contributed by atoms with Crippen LogP contribution in [0.4, 0.5) is 15.0 Å². The van der Waals surface area contributed by atoms with Crippen LogP contribution in [0, 0.1) is 5.82 Å². The van der Waals surface area contributed by atoms with E-state index in [9.17, 15) is 9.18 Å². The van der Waals surface area contributed by atoms with Crippen molar-refractivity contribution in [3.8, 4) is 17.0 Å². The van der Waals surface area contributed by atoms with Gasteiger partial charge in [-0.15, -0.1) is 0 Å². The maximum atomic E-state index is 13.3. The lowest BCUT2D eigenvalue weighted by atomic mass is 9.52. The molecule has 1 atom stereocenters. The van der Waals surface area contributed by atoms with E-state index in [1.54, 1.807) is 35.2 Å². The summed E-state index contributed by atoms with van der Waals surface area (Å²) in [7, 11) is 16.6. The Balaban J connectivity index is 1.22. The molecule has 8 nitrogen and oxygen atoms in total. The normalized spacial score (nSPS) is 14.9. The monoisotopic (exact) mass is 504 g/mol. The number of nitrogens with one attached hydrogen (secondary N) is 2. The van der Waals surface area contributed by atoms with Gasteiger partial charge in [-0.3, -0.25) is 0 Å². The SMILES string of the molecule is [B]C([B])([B])Oc1cccc([C@H](C)NC(=O)N2CCN(c3ncnc4[nH]c(-c5ccc(F)cc5)cc34)CC2)c1. The van der Waals surface area contributed by atoms with Crippen molar-refractivity contribution in [1.82, 2.24) is 25.2 Å². The number of anilines is 1. The topological polar surface area (TPSA) is 86.4 Å². The molecule has 0 spiro atoms. The number of aromatic amines is 1. The Labute approximate surface area is 224 Å². The lowest BCUT2D eigenvalue weighted by Crippen LogP contribution is -2.52. The highest BCUT2D eigenvalue weighted by Gasteiger charge is 2.25. The molecule has 0 unspecified atom stereocenters. The lowest BCUT2D eigenvalue weighted by molar-refractivity contribution is 0.191. The Morgan fingerprint density at radius 1 is 1.08 bits per heavy atom. The van der Waals surface area contributed by atoms with E-state index >= 15 is 0 Å². The third-order valence-corrected chi connectivity index (χ3v) is 6.42. The molecular weight excluding hydrogens is 480 g/mol. The standard InChI is InChI=1S/C26H24B3FN6O2/c1-16(18-3-2-4-20(13-18)38-26(27,28)29)33-25(37)36-11-9-35(10-12-36)24-21-14-22(34-23(21)31-15-32-24)17-5-7-19(30)8-6-17/h2-8,13-16H,9-12H2,1H3,(H,33,37)(H,31,32,34)/t16-/m0/s1. The summed E-state index contributed by atoms with van der Waals surface area (Å²) in [5.41, 5.74) is 3.21. The van der Waals surface area contributed by atoms with Crippen LogP contribution in [0.3, 0.4) is 0 Å². The Kier molecular flexibility index (Phi) is 7.05. The highest BCUT2D eigenvalue weighted by Crippen LogP contribution is 2.29. The van der Waals surface area contributed by atoms with Crippen molar-refractivity contribution >= 4 is 46.4 Å². The molecule has 2 aromatic carbocycles. The molecule has 38 heavy (non-hydrogen) atoms. The van der Waals surface area contributed by atoms with Gasteiger partial charge in [-0.05, 0) is 65.8 Å². The average molecular weight is 504 g/mol. The average Bonchev–Trinajstić information content (AvgIpc) is 3.33. The molecule has 1 aliphatic rings. The van der Waals surface area contributed by atoms with E-state index in [0.717, 1.165) is 28.0 Å². The number of rotatable bonds is 6. The minimum Gasteiger partial charge on any atom is -0.516 e. The molecule has 0 aliphatic carbocycles. The van der Waals surface area contributed by atoms with Crippen LogP contribution in [-0.4, -0.2) is 80.9 Å². The number of halogens is 1. The van der Waals surface area contributed by atoms with Gasteiger partial charge in [0, 0.05) is 31.9 Å². The number of benzene rings is 2. The van der Waals surface area contributed by atoms with Gasteiger partial charge < -0.3 is 24.8 Å². The summed E-state index contributed by atoms with van der Waals surface area (Å²) in [6.07, 6.45) is 1.52. The van der Waals surface area contributed by atoms with Gasteiger partial charge in [0.15, 0.2) is 0 Å². The van der Waals surface area contributed by atoms with Crippen LogP contribution < -0.4 is 15.0 Å². The zero-order valence-corrected chi connectivity index (χ0v) is 20.9. The minimum absolute atomic E-state index is 0.164. The summed E-state index contributed by atoms with van der Waals surface area (Å²) in [6, 6.07) is 14.9. The van der Waals surface area contributed by atoms with Gasteiger partial charge in [-0.2, -0.15) is 0 Å². The fraction of sp³-hybridized carbons (Fsp3) is 0.269. The number of amides is 2. The summed E-state index contributed by atoms with van der Waals surface area (Å²) in [4.78, 5) is 29.1. The zero-order chi connectivity index (χ0) is 26.9. The number of H-pyrrole nitrogens is 1. The van der Waals surface area contributed by atoms with Crippen molar-refractivity contribution in [2.24, 2.45) is 0 Å². The smallest absolute Gasteiger partial charge is 0.317 e. The Hall–Kier alpha value is -3.95. The van der Waals surface area contributed by atoms with Crippen LogP contribution in [0.5, 0.6) is 5.75 Å². The number of ether oxygens (including phenoxy) is 1. The van der Waals surface area contributed by atoms with E-state index in [1.807, 2.05) is 19.1 Å². The molecule has 6 radical (unpaired) electrons. The van der Waals surface area contributed by atoms with Crippen molar-refractivity contribution in [1.29, 1.82) is 0 Å². The van der Waals surface area contributed by atoms with Crippen LogP contribution in [0.15, 0.2) is 60.9 Å². The second-order valence-corrected chi connectivity index (χ2v) is 9.32. The Morgan fingerprint density at radius 3 is 2.53 bits per heavy atom. The van der Waals surface area contributed by atoms with Gasteiger partial charge in [-0.25, -0.2) is 19.2 Å². The molecule has 186 valence electrons. The van der Waals surface area contributed by atoms with E-state index in [4.69, 9.17) is 28.3 Å². The van der Waals surface area contributed by atoms with E-state index in [2.05, 4.69) is 25.2 Å². The summed E-state index contributed by atoms with van der Waals surface area (Å²) < 4.78 is 18.6. The first kappa shape index (κ1) is 25.7. The molecular formula is C26H24B3FN6O2.